The lowest BCUT2D eigenvalue weighted by Gasteiger charge is -2.21. The van der Waals surface area contributed by atoms with Crippen LogP contribution >= 0.6 is 0 Å². The van der Waals surface area contributed by atoms with E-state index in [4.69, 9.17) is 4.74 Å². The van der Waals surface area contributed by atoms with Crippen molar-refractivity contribution in [2.45, 2.75) is 18.9 Å². The Balaban J connectivity index is 2.15. The molecule has 88 valence electrons. The number of methoxy groups -OCH3 is 1. The summed E-state index contributed by atoms with van der Waals surface area (Å²) in [4.78, 5) is 26.5. The van der Waals surface area contributed by atoms with Crippen LogP contribution in [0.25, 0.3) is 0 Å². The standard InChI is InChI=1S/C11H12N4O2/c1-17-10-7-3-2-6-15(7)11(16)8-9(14-10)13-5-4-12-8/h4-5,7H,2-3,6H2,1H3/t7-/m0/s1. The maximum atomic E-state index is 12.3. The zero-order valence-electron chi connectivity index (χ0n) is 9.46. The molecule has 2 aliphatic rings. The zero-order valence-corrected chi connectivity index (χ0v) is 9.46. The molecule has 0 N–H and O–H groups in total. The fourth-order valence-corrected chi connectivity index (χ4v) is 2.33. The quantitative estimate of drug-likeness (QED) is 0.662. The first kappa shape index (κ1) is 10.2. The minimum absolute atomic E-state index is 0.0662. The highest BCUT2D eigenvalue weighted by Gasteiger charge is 2.38. The number of hydrogen-bond donors (Lipinski definition) is 0. The van der Waals surface area contributed by atoms with Crippen molar-refractivity contribution in [1.29, 1.82) is 0 Å². The minimum atomic E-state index is -0.105. The summed E-state index contributed by atoms with van der Waals surface area (Å²) in [5.74, 6) is 0.797. The number of rotatable bonds is 0. The molecule has 1 aromatic rings. The number of aromatic nitrogens is 2. The van der Waals surface area contributed by atoms with Gasteiger partial charge in [-0.25, -0.2) is 9.97 Å². The molecule has 0 aliphatic carbocycles. The molecule has 0 radical (unpaired) electrons. The summed E-state index contributed by atoms with van der Waals surface area (Å²) in [5.41, 5.74) is 0.312. The van der Waals surface area contributed by atoms with E-state index in [0.29, 0.717) is 17.4 Å². The Morgan fingerprint density at radius 2 is 2.24 bits per heavy atom. The number of carbonyl (C=O) groups is 1. The van der Waals surface area contributed by atoms with E-state index >= 15 is 0 Å². The lowest BCUT2D eigenvalue weighted by atomic mass is 10.2. The van der Waals surface area contributed by atoms with Gasteiger partial charge in [0.2, 0.25) is 5.90 Å². The molecular weight excluding hydrogens is 220 g/mol. The van der Waals surface area contributed by atoms with Crippen molar-refractivity contribution in [3.63, 3.8) is 0 Å². The largest absolute Gasteiger partial charge is 0.483 e. The van der Waals surface area contributed by atoms with E-state index in [1.165, 1.54) is 12.4 Å². The number of ether oxygens (including phenoxy) is 1. The SMILES string of the molecule is COC1=Nc2nccnc2C(=O)N2CCC[C@@H]12. The fraction of sp³-hybridized carbons (Fsp3) is 0.455. The van der Waals surface area contributed by atoms with Gasteiger partial charge in [-0.15, -0.1) is 0 Å². The van der Waals surface area contributed by atoms with Gasteiger partial charge in [-0.3, -0.25) is 4.79 Å². The predicted octanol–water partition coefficient (Wildman–Crippen LogP) is 0.771. The number of fused-ring (bicyclic) bond motifs is 2. The van der Waals surface area contributed by atoms with Crippen molar-refractivity contribution in [3.05, 3.63) is 18.1 Å². The lowest BCUT2D eigenvalue weighted by molar-refractivity contribution is 0.0757. The third-order valence-corrected chi connectivity index (χ3v) is 3.11. The molecule has 1 aromatic heterocycles. The number of nitrogens with zero attached hydrogens (tertiary/aromatic N) is 4. The van der Waals surface area contributed by atoms with Crippen LogP contribution in [0.15, 0.2) is 17.4 Å². The summed E-state index contributed by atoms with van der Waals surface area (Å²) in [6.45, 7) is 0.724. The molecule has 0 spiro atoms. The molecule has 2 aliphatic heterocycles. The molecule has 0 aromatic carbocycles. The Hall–Kier alpha value is -1.98. The second-order valence-corrected chi connectivity index (χ2v) is 4.04. The lowest BCUT2D eigenvalue weighted by Crippen LogP contribution is -2.40. The second kappa shape index (κ2) is 3.80. The van der Waals surface area contributed by atoms with E-state index in [1.54, 1.807) is 12.0 Å². The highest BCUT2D eigenvalue weighted by atomic mass is 16.5. The Morgan fingerprint density at radius 1 is 1.41 bits per heavy atom. The van der Waals surface area contributed by atoms with Crippen LogP contribution < -0.4 is 0 Å². The van der Waals surface area contributed by atoms with Gasteiger partial charge in [0.1, 0.15) is 6.04 Å². The average molecular weight is 232 g/mol. The van der Waals surface area contributed by atoms with Gasteiger partial charge in [-0.1, -0.05) is 0 Å². The van der Waals surface area contributed by atoms with E-state index < -0.39 is 0 Å². The van der Waals surface area contributed by atoms with Crippen LogP contribution in [-0.2, 0) is 4.74 Å². The van der Waals surface area contributed by atoms with E-state index in [2.05, 4.69) is 15.0 Å². The Morgan fingerprint density at radius 3 is 3.06 bits per heavy atom. The number of amides is 1. The van der Waals surface area contributed by atoms with Crippen LogP contribution in [0.4, 0.5) is 5.82 Å². The van der Waals surface area contributed by atoms with E-state index in [-0.39, 0.29) is 11.9 Å². The number of hydrogen-bond acceptors (Lipinski definition) is 5. The molecule has 1 atom stereocenters. The summed E-state index contributed by atoms with van der Waals surface area (Å²) < 4.78 is 5.28. The van der Waals surface area contributed by atoms with Crippen LogP contribution in [0.2, 0.25) is 0 Å². The molecule has 0 unspecified atom stereocenters. The van der Waals surface area contributed by atoms with Crippen molar-refractivity contribution >= 4 is 17.6 Å². The summed E-state index contributed by atoms with van der Waals surface area (Å²) in [5, 5.41) is 0. The molecule has 0 bridgehead atoms. The molecular formula is C11H12N4O2. The van der Waals surface area contributed by atoms with Crippen molar-refractivity contribution in [2.75, 3.05) is 13.7 Å². The molecule has 0 saturated carbocycles. The van der Waals surface area contributed by atoms with Gasteiger partial charge in [0.15, 0.2) is 11.5 Å². The number of carbonyl (C=O) groups excluding carboxylic acids is 1. The molecule has 1 saturated heterocycles. The molecule has 6 nitrogen and oxygen atoms in total. The van der Waals surface area contributed by atoms with Crippen molar-refractivity contribution < 1.29 is 9.53 Å². The maximum Gasteiger partial charge on any atom is 0.277 e. The van der Waals surface area contributed by atoms with Gasteiger partial charge in [-0.2, -0.15) is 4.99 Å². The Bertz CT molecular complexity index is 500. The monoisotopic (exact) mass is 232 g/mol. The highest BCUT2D eigenvalue weighted by molar-refractivity contribution is 6.02. The van der Waals surface area contributed by atoms with Gasteiger partial charge in [0.25, 0.3) is 5.91 Å². The Labute approximate surface area is 98.3 Å². The predicted molar refractivity (Wildman–Crippen MR) is 60.2 cm³/mol. The third kappa shape index (κ3) is 1.48. The summed E-state index contributed by atoms with van der Waals surface area (Å²) in [7, 11) is 1.57. The highest BCUT2D eigenvalue weighted by Crippen LogP contribution is 2.28. The van der Waals surface area contributed by atoms with E-state index in [9.17, 15) is 4.79 Å². The number of aliphatic imine (C=N–C) groups is 1. The molecule has 1 amide bonds. The average Bonchev–Trinajstić information content (AvgIpc) is 2.81. The first-order valence-corrected chi connectivity index (χ1v) is 5.56. The second-order valence-electron chi connectivity index (χ2n) is 4.04. The summed E-state index contributed by atoms with van der Waals surface area (Å²) >= 11 is 0. The smallest absolute Gasteiger partial charge is 0.277 e. The van der Waals surface area contributed by atoms with Gasteiger partial charge < -0.3 is 9.64 Å². The van der Waals surface area contributed by atoms with Crippen LogP contribution in [0.5, 0.6) is 0 Å². The molecule has 3 rings (SSSR count). The zero-order chi connectivity index (χ0) is 11.8. The molecule has 17 heavy (non-hydrogen) atoms. The minimum Gasteiger partial charge on any atom is -0.483 e. The van der Waals surface area contributed by atoms with Gasteiger partial charge in [0.05, 0.1) is 7.11 Å². The molecule has 3 heterocycles. The van der Waals surface area contributed by atoms with Crippen LogP contribution in [-0.4, -0.2) is 46.4 Å². The van der Waals surface area contributed by atoms with Crippen molar-refractivity contribution in [3.8, 4) is 0 Å². The van der Waals surface area contributed by atoms with Crippen molar-refractivity contribution in [1.82, 2.24) is 14.9 Å². The van der Waals surface area contributed by atoms with E-state index in [0.717, 1.165) is 19.4 Å². The molecule has 6 heteroatoms. The first-order chi connectivity index (χ1) is 8.31. The first-order valence-electron chi connectivity index (χ1n) is 5.56. The van der Waals surface area contributed by atoms with Gasteiger partial charge in [-0.05, 0) is 12.8 Å². The van der Waals surface area contributed by atoms with Crippen LogP contribution in [0, 0.1) is 0 Å². The van der Waals surface area contributed by atoms with Gasteiger partial charge in [0, 0.05) is 18.9 Å². The van der Waals surface area contributed by atoms with Crippen LogP contribution in [0.3, 0.4) is 0 Å². The summed E-state index contributed by atoms with van der Waals surface area (Å²) in [6, 6.07) is -0.0662. The molecule has 1 fully saturated rings. The maximum absolute atomic E-state index is 12.3. The van der Waals surface area contributed by atoms with Crippen molar-refractivity contribution in [2.24, 2.45) is 4.99 Å². The van der Waals surface area contributed by atoms with Crippen LogP contribution in [0.1, 0.15) is 23.3 Å². The topological polar surface area (TPSA) is 67.7 Å². The summed E-state index contributed by atoms with van der Waals surface area (Å²) in [6.07, 6.45) is 4.88. The Kier molecular flexibility index (Phi) is 2.28. The van der Waals surface area contributed by atoms with Gasteiger partial charge >= 0.3 is 0 Å². The van der Waals surface area contributed by atoms with E-state index in [1.807, 2.05) is 0 Å². The fourth-order valence-electron chi connectivity index (χ4n) is 2.33. The normalized spacial score (nSPS) is 22.6. The third-order valence-electron chi connectivity index (χ3n) is 3.11.